The maximum absolute atomic E-state index is 10.1. The van der Waals surface area contributed by atoms with Crippen LogP contribution in [0.15, 0.2) is 0 Å². The van der Waals surface area contributed by atoms with Crippen LogP contribution in [0.1, 0.15) is 25.7 Å². The highest BCUT2D eigenvalue weighted by atomic mass is 16.4. The molecule has 0 aromatic rings. The van der Waals surface area contributed by atoms with Gasteiger partial charge in [0.1, 0.15) is 0 Å². The number of carbonyl (C=O) groups is 1. The highest BCUT2D eigenvalue weighted by Gasteiger charge is 2.22. The molecule has 1 saturated carbocycles. The molecule has 0 aromatic carbocycles. The van der Waals surface area contributed by atoms with Crippen molar-refractivity contribution in [3.63, 3.8) is 0 Å². The Morgan fingerprint density at radius 2 is 1.75 bits per heavy atom. The highest BCUT2D eigenvalue weighted by molar-refractivity contribution is 5.69. The Bertz CT molecular complexity index is 92.7. The molecular weight excluding hydrogens is 104 g/mol. The Morgan fingerprint density at radius 1 is 1.25 bits per heavy atom. The van der Waals surface area contributed by atoms with E-state index in [1.54, 1.807) is 0 Å². The van der Waals surface area contributed by atoms with Crippen molar-refractivity contribution in [2.75, 3.05) is 0 Å². The van der Waals surface area contributed by atoms with E-state index in [0.717, 1.165) is 25.7 Å². The summed E-state index contributed by atoms with van der Waals surface area (Å²) in [6, 6.07) is 0. The number of hydrogen-bond acceptors (Lipinski definition) is 1. The number of hydrogen-bond donors (Lipinski definition) is 0. The molecule has 0 spiro atoms. The molecule has 0 aliphatic heterocycles. The first-order chi connectivity index (χ1) is 3.80. The minimum absolute atomic E-state index is 0.130. The van der Waals surface area contributed by atoms with Crippen LogP contribution in [0, 0.1) is 5.92 Å². The summed E-state index contributed by atoms with van der Waals surface area (Å²) in [5, 5.41) is 10.1. The second kappa shape index (κ2) is 2.16. The van der Waals surface area contributed by atoms with Crippen molar-refractivity contribution < 1.29 is 9.90 Å². The summed E-state index contributed by atoms with van der Waals surface area (Å²) in [6.07, 6.45) is 3.81. The molecule has 2 nitrogen and oxygen atoms in total. The van der Waals surface area contributed by atoms with E-state index in [-0.39, 0.29) is 5.92 Å². The molecular formula is C6H9O2. The molecule has 2 heteroatoms. The molecule has 8 heavy (non-hydrogen) atoms. The van der Waals surface area contributed by atoms with Gasteiger partial charge in [0.2, 0.25) is 0 Å². The quantitative estimate of drug-likeness (QED) is 0.502. The summed E-state index contributed by atoms with van der Waals surface area (Å²) in [5.74, 6) is -0.988. The van der Waals surface area contributed by atoms with Crippen molar-refractivity contribution in [1.82, 2.24) is 0 Å². The monoisotopic (exact) mass is 113 g/mol. The lowest BCUT2D eigenvalue weighted by molar-refractivity contribution is -0.147. The van der Waals surface area contributed by atoms with Crippen molar-refractivity contribution in [2.24, 2.45) is 5.92 Å². The van der Waals surface area contributed by atoms with Crippen molar-refractivity contribution in [1.29, 1.82) is 0 Å². The van der Waals surface area contributed by atoms with Crippen LogP contribution in [0.25, 0.3) is 0 Å². The Kier molecular flexibility index (Phi) is 1.51. The van der Waals surface area contributed by atoms with Crippen LogP contribution in [0.3, 0.4) is 0 Å². The Balaban J connectivity index is 2.35. The van der Waals surface area contributed by atoms with Crippen LogP contribution in [0.4, 0.5) is 0 Å². The molecule has 1 fully saturated rings. The van der Waals surface area contributed by atoms with Gasteiger partial charge in [0.25, 0.3) is 0 Å². The largest absolute Gasteiger partial charge is 0.358 e. The predicted molar refractivity (Wildman–Crippen MR) is 27.7 cm³/mol. The lowest BCUT2D eigenvalue weighted by Crippen LogP contribution is -2.06. The minimum atomic E-state index is -0.859. The number of rotatable bonds is 1. The zero-order valence-corrected chi connectivity index (χ0v) is 4.72. The first-order valence-corrected chi connectivity index (χ1v) is 3.01. The van der Waals surface area contributed by atoms with Gasteiger partial charge in [0.15, 0.2) is 0 Å². The Hall–Kier alpha value is -0.530. The van der Waals surface area contributed by atoms with Gasteiger partial charge in [0.05, 0.1) is 5.92 Å². The number of carbonyl (C=O) groups excluding carboxylic acids is 1. The maximum atomic E-state index is 10.1. The summed E-state index contributed by atoms with van der Waals surface area (Å²) < 4.78 is 0. The molecule has 0 unspecified atom stereocenters. The molecule has 0 saturated heterocycles. The Labute approximate surface area is 48.5 Å². The van der Waals surface area contributed by atoms with Gasteiger partial charge < -0.3 is 0 Å². The fourth-order valence-corrected chi connectivity index (χ4v) is 1.16. The molecule has 0 amide bonds. The van der Waals surface area contributed by atoms with Gasteiger partial charge in [-0.25, -0.2) is 9.90 Å². The molecule has 1 radical (unpaired) electrons. The second-order valence-corrected chi connectivity index (χ2v) is 2.30. The first kappa shape index (κ1) is 5.60. The van der Waals surface area contributed by atoms with E-state index in [0.29, 0.717) is 0 Å². The minimum Gasteiger partial charge on any atom is -0.247 e. The molecule has 1 aliphatic carbocycles. The van der Waals surface area contributed by atoms with Crippen LogP contribution < -0.4 is 0 Å². The van der Waals surface area contributed by atoms with Crippen LogP contribution in [-0.2, 0) is 9.90 Å². The second-order valence-electron chi connectivity index (χ2n) is 2.30. The van der Waals surface area contributed by atoms with Crippen LogP contribution >= 0.6 is 0 Å². The lowest BCUT2D eigenvalue weighted by Gasteiger charge is -1.94. The summed E-state index contributed by atoms with van der Waals surface area (Å²) in [6.45, 7) is 0. The smallest absolute Gasteiger partial charge is 0.247 e. The summed E-state index contributed by atoms with van der Waals surface area (Å²) >= 11 is 0. The summed E-state index contributed by atoms with van der Waals surface area (Å²) in [7, 11) is 0. The van der Waals surface area contributed by atoms with Crippen molar-refractivity contribution in [3.05, 3.63) is 0 Å². The molecule has 0 heterocycles. The maximum Gasteiger partial charge on any atom is 0.358 e. The van der Waals surface area contributed by atoms with E-state index < -0.39 is 5.97 Å². The first-order valence-electron chi connectivity index (χ1n) is 3.01. The van der Waals surface area contributed by atoms with Gasteiger partial charge in [-0.2, -0.15) is 0 Å². The fourth-order valence-electron chi connectivity index (χ4n) is 1.16. The SMILES string of the molecule is [O]C(=O)C1CCCC1. The van der Waals surface area contributed by atoms with E-state index in [1.165, 1.54) is 0 Å². The van der Waals surface area contributed by atoms with Gasteiger partial charge in [0, 0.05) is 0 Å². The average Bonchev–Trinajstić information content (AvgIpc) is 2.12. The van der Waals surface area contributed by atoms with Gasteiger partial charge in [-0.3, -0.25) is 0 Å². The van der Waals surface area contributed by atoms with Gasteiger partial charge in [-0.05, 0) is 12.8 Å². The lowest BCUT2D eigenvalue weighted by atomic mass is 10.1. The zero-order valence-electron chi connectivity index (χ0n) is 4.72. The van der Waals surface area contributed by atoms with Gasteiger partial charge in [-0.1, -0.05) is 12.8 Å². The van der Waals surface area contributed by atoms with Crippen molar-refractivity contribution >= 4 is 5.97 Å². The summed E-state index contributed by atoms with van der Waals surface area (Å²) in [5.41, 5.74) is 0. The van der Waals surface area contributed by atoms with Crippen molar-refractivity contribution in [3.8, 4) is 0 Å². The van der Waals surface area contributed by atoms with Gasteiger partial charge in [-0.15, -0.1) is 0 Å². The van der Waals surface area contributed by atoms with Crippen molar-refractivity contribution in [2.45, 2.75) is 25.7 Å². The van der Waals surface area contributed by atoms with E-state index in [4.69, 9.17) is 0 Å². The normalized spacial score (nSPS) is 21.5. The predicted octanol–water partition coefficient (Wildman–Crippen LogP) is 1.13. The molecule has 0 atom stereocenters. The molecule has 0 aromatic heterocycles. The van der Waals surface area contributed by atoms with Gasteiger partial charge >= 0.3 is 5.97 Å². The van der Waals surface area contributed by atoms with E-state index in [9.17, 15) is 9.90 Å². The van der Waals surface area contributed by atoms with Crippen LogP contribution in [-0.4, -0.2) is 5.97 Å². The molecule has 45 valence electrons. The fraction of sp³-hybridized carbons (Fsp3) is 0.833. The molecule has 0 bridgehead atoms. The third-order valence-electron chi connectivity index (χ3n) is 1.69. The topological polar surface area (TPSA) is 37.0 Å². The third-order valence-corrected chi connectivity index (χ3v) is 1.69. The van der Waals surface area contributed by atoms with E-state index in [2.05, 4.69) is 0 Å². The third kappa shape index (κ3) is 0.997. The molecule has 1 rings (SSSR count). The zero-order chi connectivity index (χ0) is 5.98. The van der Waals surface area contributed by atoms with E-state index >= 15 is 0 Å². The highest BCUT2D eigenvalue weighted by Crippen LogP contribution is 2.24. The standard InChI is InChI=1S/C6H9O2/c7-6(8)5-3-1-2-4-5/h5H,1-4H2. The van der Waals surface area contributed by atoms with Crippen LogP contribution in [0.5, 0.6) is 0 Å². The molecule has 0 N–H and O–H groups in total. The van der Waals surface area contributed by atoms with E-state index in [1.807, 2.05) is 0 Å². The summed E-state index contributed by atoms with van der Waals surface area (Å²) in [4.78, 5) is 10.1. The molecule has 1 aliphatic rings. The average molecular weight is 113 g/mol. The Morgan fingerprint density at radius 3 is 2.00 bits per heavy atom. The van der Waals surface area contributed by atoms with Crippen LogP contribution in [0.2, 0.25) is 0 Å².